The number of aromatic hydroxyl groups is 2. The molecule has 0 saturated carbocycles. The number of phenolic OH excluding ortho intramolecular Hbond substituents is 2. The highest BCUT2D eigenvalue weighted by molar-refractivity contribution is 5.65. The molecule has 0 aliphatic rings. The number of hydrogen-bond donors (Lipinski definition) is 2. The molecule has 0 bridgehead atoms. The Morgan fingerprint density at radius 2 is 0.837 bits per heavy atom. The van der Waals surface area contributed by atoms with Gasteiger partial charge in [-0.2, -0.15) is 0 Å². The zero-order chi connectivity index (χ0) is 31.5. The molecule has 0 amide bonds. The minimum Gasteiger partial charge on any atom is -0.508 e. The molecule has 0 fully saturated rings. The van der Waals surface area contributed by atoms with E-state index in [1.165, 1.54) is 6.26 Å². The lowest BCUT2D eigenvalue weighted by molar-refractivity contribution is -0.0616. The van der Waals surface area contributed by atoms with E-state index in [1.54, 1.807) is 24.3 Å². The van der Waals surface area contributed by atoms with Crippen molar-refractivity contribution < 1.29 is 33.9 Å². The Balaban J connectivity index is 0.000000284. The summed E-state index contributed by atoms with van der Waals surface area (Å²) in [4.78, 5) is 0. The third kappa shape index (κ3) is 13.4. The molecule has 230 valence electrons. The number of hydrogen-bond acceptors (Lipinski definition) is 7. The first-order valence-electron chi connectivity index (χ1n) is 14.4. The van der Waals surface area contributed by atoms with Gasteiger partial charge in [-0.25, -0.2) is 0 Å². The van der Waals surface area contributed by atoms with Crippen molar-refractivity contribution in [2.24, 2.45) is 0 Å². The Bertz CT molecular complexity index is 1190. The third-order valence-electron chi connectivity index (χ3n) is 5.80. The van der Waals surface area contributed by atoms with Gasteiger partial charge < -0.3 is 33.9 Å². The molecular formula is C36H44O7. The number of rotatable bonds is 12. The highest BCUT2D eigenvalue weighted by Gasteiger charge is 2.06. The van der Waals surface area contributed by atoms with Crippen molar-refractivity contribution in [3.05, 3.63) is 110 Å². The minimum absolute atomic E-state index is 0.246. The average molecular weight is 589 g/mol. The lowest BCUT2D eigenvalue weighted by Gasteiger charge is -2.15. The minimum atomic E-state index is -0.246. The van der Waals surface area contributed by atoms with Gasteiger partial charge in [-0.05, 0) is 105 Å². The monoisotopic (exact) mass is 588 g/mol. The van der Waals surface area contributed by atoms with Gasteiger partial charge in [0.25, 0.3) is 0 Å². The smallest absolute Gasteiger partial charge is 0.196 e. The van der Waals surface area contributed by atoms with Crippen LogP contribution >= 0.6 is 0 Å². The zero-order valence-electron chi connectivity index (χ0n) is 25.7. The maximum Gasteiger partial charge on any atom is 0.196 e. The highest BCUT2D eigenvalue weighted by atomic mass is 16.7. The van der Waals surface area contributed by atoms with Crippen LogP contribution in [0, 0.1) is 0 Å². The van der Waals surface area contributed by atoms with Crippen molar-refractivity contribution >= 4 is 0 Å². The standard InChI is InChI=1S/C20H26O4.C12H10O2.C4H8O/c1-5-21-15(3)23-19-11-7-17(8-12-19)18-9-13-20(14-10-18)24-16(4)22-6-2;13-11-5-1-9(2-6-11)10-3-7-12(14)8-4-10;1-3-5-4-2/h7-16H,5-6H2,1-4H3;1-8,13-14H;3H,1,4H2,2H3. The average Bonchev–Trinajstić information content (AvgIpc) is 3.00. The molecule has 0 aliphatic carbocycles. The predicted octanol–water partition coefficient (Wildman–Crippen LogP) is 8.81. The first-order valence-corrected chi connectivity index (χ1v) is 14.4. The lowest BCUT2D eigenvalue weighted by Crippen LogP contribution is -2.15. The van der Waals surface area contributed by atoms with Crippen LogP contribution in [0.2, 0.25) is 0 Å². The summed E-state index contributed by atoms with van der Waals surface area (Å²) in [6.07, 6.45) is 0.939. The summed E-state index contributed by atoms with van der Waals surface area (Å²) >= 11 is 0. The van der Waals surface area contributed by atoms with Gasteiger partial charge in [0.05, 0.1) is 12.9 Å². The fourth-order valence-electron chi connectivity index (χ4n) is 3.80. The Morgan fingerprint density at radius 3 is 1.07 bits per heavy atom. The molecular weight excluding hydrogens is 544 g/mol. The maximum atomic E-state index is 9.11. The van der Waals surface area contributed by atoms with Crippen molar-refractivity contribution in [1.82, 2.24) is 0 Å². The number of ether oxygens (including phenoxy) is 5. The number of benzene rings is 4. The fourth-order valence-corrected chi connectivity index (χ4v) is 3.80. The second kappa shape index (κ2) is 19.6. The molecule has 7 heteroatoms. The third-order valence-corrected chi connectivity index (χ3v) is 5.80. The van der Waals surface area contributed by atoms with E-state index in [0.717, 1.165) is 40.4 Å². The van der Waals surface area contributed by atoms with Gasteiger partial charge in [0.15, 0.2) is 12.6 Å². The first-order chi connectivity index (χ1) is 20.8. The summed E-state index contributed by atoms with van der Waals surface area (Å²) in [6, 6.07) is 29.8. The molecule has 0 radical (unpaired) electrons. The van der Waals surface area contributed by atoms with E-state index in [-0.39, 0.29) is 24.1 Å². The summed E-state index contributed by atoms with van der Waals surface area (Å²) in [5.74, 6) is 2.11. The molecule has 0 aromatic heterocycles. The molecule has 0 heterocycles. The van der Waals surface area contributed by atoms with Gasteiger partial charge >= 0.3 is 0 Å². The maximum absolute atomic E-state index is 9.11. The molecule has 7 nitrogen and oxygen atoms in total. The van der Waals surface area contributed by atoms with Crippen LogP contribution in [0.25, 0.3) is 22.3 Å². The quantitative estimate of drug-likeness (QED) is 0.126. The number of phenols is 2. The summed E-state index contributed by atoms with van der Waals surface area (Å²) in [6.45, 7) is 14.9. The molecule has 2 atom stereocenters. The summed E-state index contributed by atoms with van der Waals surface area (Å²) in [7, 11) is 0. The normalized spacial score (nSPS) is 11.5. The zero-order valence-corrected chi connectivity index (χ0v) is 25.7. The van der Waals surface area contributed by atoms with Gasteiger partial charge in [0, 0.05) is 13.2 Å². The first kappa shape index (κ1) is 34.7. The second-order valence-corrected chi connectivity index (χ2v) is 9.05. The summed E-state index contributed by atoms with van der Waals surface area (Å²) in [5.41, 5.74) is 4.28. The van der Waals surface area contributed by atoms with Gasteiger partial charge in [0.1, 0.15) is 23.0 Å². The topological polar surface area (TPSA) is 86.6 Å². The molecule has 4 aromatic rings. The van der Waals surface area contributed by atoms with Crippen LogP contribution in [0.4, 0.5) is 0 Å². The van der Waals surface area contributed by atoms with Gasteiger partial charge in [-0.1, -0.05) is 55.1 Å². The van der Waals surface area contributed by atoms with Crippen LogP contribution in [0.5, 0.6) is 23.0 Å². The predicted molar refractivity (Wildman–Crippen MR) is 172 cm³/mol. The van der Waals surface area contributed by atoms with Gasteiger partial charge in [-0.15, -0.1) is 0 Å². The van der Waals surface area contributed by atoms with E-state index < -0.39 is 0 Å². The Hall–Kier alpha value is -4.46. The van der Waals surface area contributed by atoms with E-state index >= 15 is 0 Å². The van der Waals surface area contributed by atoms with Crippen molar-refractivity contribution in [1.29, 1.82) is 0 Å². The summed E-state index contributed by atoms with van der Waals surface area (Å²) in [5, 5.41) is 18.2. The Labute approximate surface area is 255 Å². The molecule has 0 saturated heterocycles. The lowest BCUT2D eigenvalue weighted by atomic mass is 10.1. The van der Waals surface area contributed by atoms with Gasteiger partial charge in [-0.3, -0.25) is 0 Å². The van der Waals surface area contributed by atoms with E-state index in [4.69, 9.17) is 29.2 Å². The van der Waals surface area contributed by atoms with Crippen LogP contribution < -0.4 is 9.47 Å². The van der Waals surface area contributed by atoms with Crippen LogP contribution in [0.3, 0.4) is 0 Å². The second-order valence-electron chi connectivity index (χ2n) is 9.05. The largest absolute Gasteiger partial charge is 0.508 e. The Morgan fingerprint density at radius 1 is 0.535 bits per heavy atom. The van der Waals surface area contributed by atoms with Crippen molar-refractivity contribution in [2.45, 2.75) is 47.2 Å². The fraction of sp³-hybridized carbons (Fsp3) is 0.278. The van der Waals surface area contributed by atoms with E-state index in [0.29, 0.717) is 13.2 Å². The molecule has 4 aromatic carbocycles. The van der Waals surface area contributed by atoms with E-state index in [2.05, 4.69) is 11.3 Å². The van der Waals surface area contributed by atoms with Crippen LogP contribution in [-0.2, 0) is 14.2 Å². The van der Waals surface area contributed by atoms with Crippen molar-refractivity contribution in [3.63, 3.8) is 0 Å². The van der Waals surface area contributed by atoms with Gasteiger partial charge in [0.2, 0.25) is 0 Å². The van der Waals surface area contributed by atoms with E-state index in [9.17, 15) is 0 Å². The van der Waals surface area contributed by atoms with Crippen LogP contribution in [0.15, 0.2) is 110 Å². The molecule has 2 N–H and O–H groups in total. The van der Waals surface area contributed by atoms with Crippen molar-refractivity contribution in [2.75, 3.05) is 19.8 Å². The van der Waals surface area contributed by atoms with Crippen molar-refractivity contribution in [3.8, 4) is 45.3 Å². The van der Waals surface area contributed by atoms with Crippen LogP contribution in [-0.4, -0.2) is 42.6 Å². The molecule has 43 heavy (non-hydrogen) atoms. The Kier molecular flexibility index (Phi) is 15.9. The molecule has 2 unspecified atom stereocenters. The summed E-state index contributed by atoms with van der Waals surface area (Å²) < 4.78 is 26.7. The highest BCUT2D eigenvalue weighted by Crippen LogP contribution is 2.26. The SMILES string of the molecule is C=COCC.CCOC(C)Oc1ccc(-c2ccc(OC(C)OCC)cc2)cc1.Oc1ccc(-c2ccc(O)cc2)cc1. The molecule has 0 spiro atoms. The van der Waals surface area contributed by atoms with E-state index in [1.807, 2.05) is 107 Å². The molecule has 4 rings (SSSR count). The van der Waals surface area contributed by atoms with Crippen LogP contribution in [0.1, 0.15) is 34.6 Å². The molecule has 0 aliphatic heterocycles.